The number of carbonyl (C=O) groups is 1. The molecule has 1 amide bonds. The lowest BCUT2D eigenvalue weighted by molar-refractivity contribution is -0.132. The van der Waals surface area contributed by atoms with Crippen LogP contribution < -0.4 is 5.73 Å². The molecular weight excluding hydrogens is 250 g/mol. The summed E-state index contributed by atoms with van der Waals surface area (Å²) in [6.07, 6.45) is 4.89. The van der Waals surface area contributed by atoms with Crippen molar-refractivity contribution >= 4 is 5.91 Å². The molecule has 2 atom stereocenters. The summed E-state index contributed by atoms with van der Waals surface area (Å²) in [4.78, 5) is 16.5. The standard InChI is InChI=1S/C16H31N3O/c1-5-19(11-13(2)3)16(20)12-18(4)15-9-7-6-8-14(15)10-17/h14-15H,2,5-12,17H2,1,3-4H3. The third-order valence-corrected chi connectivity index (χ3v) is 4.32. The van der Waals surface area contributed by atoms with E-state index < -0.39 is 0 Å². The summed E-state index contributed by atoms with van der Waals surface area (Å²) < 4.78 is 0. The number of nitrogens with two attached hydrogens (primary N) is 1. The normalized spacial score (nSPS) is 22.9. The van der Waals surface area contributed by atoms with E-state index in [0.717, 1.165) is 25.1 Å². The third-order valence-electron chi connectivity index (χ3n) is 4.32. The van der Waals surface area contributed by atoms with Crippen LogP contribution >= 0.6 is 0 Å². The van der Waals surface area contributed by atoms with Gasteiger partial charge in [0.25, 0.3) is 0 Å². The smallest absolute Gasteiger partial charge is 0.237 e. The monoisotopic (exact) mass is 281 g/mol. The first kappa shape index (κ1) is 17.2. The van der Waals surface area contributed by atoms with Gasteiger partial charge in [0.2, 0.25) is 5.91 Å². The van der Waals surface area contributed by atoms with Crippen molar-refractivity contribution in [1.82, 2.24) is 9.80 Å². The Bertz CT molecular complexity index is 330. The van der Waals surface area contributed by atoms with Gasteiger partial charge in [-0.15, -0.1) is 0 Å². The van der Waals surface area contributed by atoms with E-state index in [0.29, 0.717) is 25.0 Å². The van der Waals surface area contributed by atoms with Crippen LogP contribution in [0.5, 0.6) is 0 Å². The molecule has 0 heterocycles. The summed E-state index contributed by atoms with van der Waals surface area (Å²) >= 11 is 0. The first-order chi connectivity index (χ1) is 9.49. The third kappa shape index (κ3) is 4.91. The van der Waals surface area contributed by atoms with Gasteiger partial charge in [-0.2, -0.15) is 0 Å². The van der Waals surface area contributed by atoms with Gasteiger partial charge in [0.15, 0.2) is 0 Å². The van der Waals surface area contributed by atoms with Gasteiger partial charge in [0.05, 0.1) is 6.54 Å². The molecule has 0 saturated heterocycles. The maximum absolute atomic E-state index is 12.4. The van der Waals surface area contributed by atoms with Gasteiger partial charge in [-0.05, 0) is 46.2 Å². The topological polar surface area (TPSA) is 49.6 Å². The zero-order valence-electron chi connectivity index (χ0n) is 13.4. The van der Waals surface area contributed by atoms with Crippen molar-refractivity contribution in [1.29, 1.82) is 0 Å². The molecule has 0 aromatic heterocycles. The van der Waals surface area contributed by atoms with Crippen LogP contribution in [0.3, 0.4) is 0 Å². The number of rotatable bonds is 7. The zero-order chi connectivity index (χ0) is 15.1. The van der Waals surface area contributed by atoms with E-state index in [-0.39, 0.29) is 5.91 Å². The minimum absolute atomic E-state index is 0.194. The van der Waals surface area contributed by atoms with E-state index >= 15 is 0 Å². The minimum Gasteiger partial charge on any atom is -0.338 e. The second-order valence-electron chi connectivity index (χ2n) is 6.13. The predicted octanol–water partition coefficient (Wildman–Crippen LogP) is 1.86. The van der Waals surface area contributed by atoms with Gasteiger partial charge >= 0.3 is 0 Å². The van der Waals surface area contributed by atoms with Crippen molar-refractivity contribution in [3.05, 3.63) is 12.2 Å². The maximum Gasteiger partial charge on any atom is 0.237 e. The predicted molar refractivity (Wildman–Crippen MR) is 84.5 cm³/mol. The quantitative estimate of drug-likeness (QED) is 0.725. The second kappa shape index (κ2) is 8.42. The second-order valence-corrected chi connectivity index (χ2v) is 6.13. The number of hydrogen-bond donors (Lipinski definition) is 1. The molecule has 1 fully saturated rings. The fraction of sp³-hybridized carbons (Fsp3) is 0.812. The lowest BCUT2D eigenvalue weighted by Gasteiger charge is -2.38. The Morgan fingerprint density at radius 3 is 2.50 bits per heavy atom. The SMILES string of the molecule is C=C(C)CN(CC)C(=O)CN(C)C1CCCCC1CN. The average molecular weight is 281 g/mol. The fourth-order valence-electron chi connectivity index (χ4n) is 3.18. The number of carbonyl (C=O) groups excluding carboxylic acids is 1. The van der Waals surface area contributed by atoms with Crippen molar-refractivity contribution in [3.8, 4) is 0 Å². The lowest BCUT2D eigenvalue weighted by Crippen LogP contribution is -2.48. The van der Waals surface area contributed by atoms with E-state index in [1.54, 1.807) is 0 Å². The van der Waals surface area contributed by atoms with Crippen LogP contribution in [0, 0.1) is 5.92 Å². The molecule has 4 nitrogen and oxygen atoms in total. The summed E-state index contributed by atoms with van der Waals surface area (Å²) in [6, 6.07) is 0.459. The van der Waals surface area contributed by atoms with Crippen molar-refractivity contribution in [2.24, 2.45) is 11.7 Å². The Balaban J connectivity index is 2.56. The summed E-state index contributed by atoms with van der Waals surface area (Å²) in [6.45, 7) is 10.5. The van der Waals surface area contributed by atoms with Gasteiger partial charge in [0, 0.05) is 19.1 Å². The molecule has 4 heteroatoms. The molecule has 1 rings (SSSR count). The minimum atomic E-state index is 0.194. The van der Waals surface area contributed by atoms with Gasteiger partial charge in [-0.25, -0.2) is 0 Å². The van der Waals surface area contributed by atoms with Crippen molar-refractivity contribution < 1.29 is 4.79 Å². The number of amides is 1. The highest BCUT2D eigenvalue weighted by Gasteiger charge is 2.28. The van der Waals surface area contributed by atoms with Gasteiger partial charge in [-0.1, -0.05) is 25.0 Å². The molecule has 1 aliphatic carbocycles. The van der Waals surface area contributed by atoms with E-state index in [1.807, 2.05) is 18.7 Å². The van der Waals surface area contributed by atoms with E-state index in [4.69, 9.17) is 5.73 Å². The highest BCUT2D eigenvalue weighted by atomic mass is 16.2. The molecule has 20 heavy (non-hydrogen) atoms. The Morgan fingerprint density at radius 2 is 1.95 bits per heavy atom. The van der Waals surface area contributed by atoms with Crippen molar-refractivity contribution in [3.63, 3.8) is 0 Å². The van der Waals surface area contributed by atoms with E-state index in [1.165, 1.54) is 19.3 Å². The largest absolute Gasteiger partial charge is 0.338 e. The van der Waals surface area contributed by atoms with Crippen LogP contribution in [0.4, 0.5) is 0 Å². The van der Waals surface area contributed by atoms with Crippen LogP contribution in [0.2, 0.25) is 0 Å². The first-order valence-corrected chi connectivity index (χ1v) is 7.82. The van der Waals surface area contributed by atoms with Crippen LogP contribution in [-0.4, -0.2) is 55.0 Å². The highest BCUT2D eigenvalue weighted by Crippen LogP contribution is 2.27. The molecule has 2 unspecified atom stereocenters. The van der Waals surface area contributed by atoms with E-state index in [2.05, 4.69) is 18.5 Å². The van der Waals surface area contributed by atoms with Crippen molar-refractivity contribution in [2.75, 3.05) is 33.2 Å². The summed E-state index contributed by atoms with van der Waals surface area (Å²) in [5, 5.41) is 0. The summed E-state index contributed by atoms with van der Waals surface area (Å²) in [5.74, 6) is 0.733. The van der Waals surface area contributed by atoms with Crippen molar-refractivity contribution in [2.45, 2.75) is 45.6 Å². The molecule has 1 saturated carbocycles. The first-order valence-electron chi connectivity index (χ1n) is 7.82. The van der Waals surface area contributed by atoms with Gasteiger partial charge in [0.1, 0.15) is 0 Å². The van der Waals surface area contributed by atoms with Crippen LogP contribution in [0.1, 0.15) is 39.5 Å². The molecule has 0 aromatic rings. The molecule has 0 spiro atoms. The molecule has 0 aliphatic heterocycles. The number of nitrogens with zero attached hydrogens (tertiary/aromatic N) is 2. The molecule has 2 N–H and O–H groups in total. The van der Waals surface area contributed by atoms with Crippen LogP contribution in [-0.2, 0) is 4.79 Å². The zero-order valence-corrected chi connectivity index (χ0v) is 13.4. The molecular formula is C16H31N3O. The van der Waals surface area contributed by atoms with Crippen LogP contribution in [0.25, 0.3) is 0 Å². The molecule has 116 valence electrons. The van der Waals surface area contributed by atoms with Gasteiger partial charge in [-0.3, -0.25) is 9.69 Å². The van der Waals surface area contributed by atoms with Gasteiger partial charge < -0.3 is 10.6 Å². The van der Waals surface area contributed by atoms with Crippen LogP contribution in [0.15, 0.2) is 12.2 Å². The average Bonchev–Trinajstić information content (AvgIpc) is 2.44. The number of hydrogen-bond acceptors (Lipinski definition) is 3. The Kier molecular flexibility index (Phi) is 7.24. The van der Waals surface area contributed by atoms with E-state index in [9.17, 15) is 4.79 Å². The Hall–Kier alpha value is -0.870. The highest BCUT2D eigenvalue weighted by molar-refractivity contribution is 5.78. The molecule has 0 bridgehead atoms. The molecule has 1 aliphatic rings. The maximum atomic E-state index is 12.4. The summed E-state index contributed by atoms with van der Waals surface area (Å²) in [5.41, 5.74) is 6.91. The Labute approximate surface area is 124 Å². The summed E-state index contributed by atoms with van der Waals surface area (Å²) in [7, 11) is 2.06. The lowest BCUT2D eigenvalue weighted by atomic mass is 9.84. The molecule has 0 radical (unpaired) electrons. The Morgan fingerprint density at radius 1 is 1.30 bits per heavy atom. The fourth-order valence-corrected chi connectivity index (χ4v) is 3.18. The molecule has 0 aromatic carbocycles. The number of likely N-dealkylation sites (N-methyl/N-ethyl adjacent to an activating group) is 2.